The van der Waals surface area contributed by atoms with Crippen molar-refractivity contribution in [2.45, 2.75) is 6.04 Å². The summed E-state index contributed by atoms with van der Waals surface area (Å²) in [5.74, 6) is -1.48. The van der Waals surface area contributed by atoms with E-state index in [2.05, 4.69) is 0 Å². The van der Waals surface area contributed by atoms with Gasteiger partial charge in [-0.2, -0.15) is 0 Å². The topological polar surface area (TPSA) is 23.6 Å². The first-order valence-corrected chi connectivity index (χ1v) is 7.76. The molecule has 1 unspecified atom stereocenters. The van der Waals surface area contributed by atoms with Gasteiger partial charge in [0.2, 0.25) is 0 Å². The summed E-state index contributed by atoms with van der Waals surface area (Å²) in [6, 6.07) is 8.26. The lowest BCUT2D eigenvalue weighted by Crippen LogP contribution is -2.39. The van der Waals surface area contributed by atoms with Gasteiger partial charge >= 0.3 is 6.03 Å². The first kappa shape index (κ1) is 17.1. The molecule has 0 spiro atoms. The second-order valence-corrected chi connectivity index (χ2v) is 6.12. The third-order valence-electron chi connectivity index (χ3n) is 4.15. The summed E-state index contributed by atoms with van der Waals surface area (Å²) in [4.78, 5) is 15.4. The van der Waals surface area contributed by atoms with Crippen LogP contribution in [-0.2, 0) is 0 Å². The van der Waals surface area contributed by atoms with Crippen LogP contribution in [-0.4, -0.2) is 36.5 Å². The molecule has 2 amide bonds. The minimum atomic E-state index is -0.551. The molecule has 3 nitrogen and oxygen atoms in total. The van der Waals surface area contributed by atoms with Crippen molar-refractivity contribution < 1.29 is 18.0 Å². The van der Waals surface area contributed by atoms with Crippen LogP contribution in [0.1, 0.15) is 17.2 Å². The highest BCUT2D eigenvalue weighted by Crippen LogP contribution is 2.36. The van der Waals surface area contributed by atoms with Crippen molar-refractivity contribution in [2.75, 3.05) is 20.6 Å². The van der Waals surface area contributed by atoms with E-state index in [0.29, 0.717) is 11.1 Å². The summed E-state index contributed by atoms with van der Waals surface area (Å²) in [6.45, 7) is 0.138. The van der Waals surface area contributed by atoms with Gasteiger partial charge < -0.3 is 9.80 Å². The molecule has 0 radical (unpaired) electrons. The summed E-state index contributed by atoms with van der Waals surface area (Å²) < 4.78 is 40.8. The predicted molar refractivity (Wildman–Crippen MR) is 89.3 cm³/mol. The van der Waals surface area contributed by atoms with Crippen LogP contribution in [0.4, 0.5) is 18.0 Å². The number of halogens is 3. The van der Waals surface area contributed by atoms with Crippen LogP contribution >= 0.6 is 0 Å². The van der Waals surface area contributed by atoms with E-state index in [4.69, 9.17) is 0 Å². The Morgan fingerprint density at radius 1 is 1.04 bits per heavy atom. The smallest absolute Gasteiger partial charge is 0.320 e. The molecule has 0 aliphatic carbocycles. The number of amides is 2. The Labute approximate surface area is 144 Å². The highest BCUT2D eigenvalue weighted by atomic mass is 19.1. The third kappa shape index (κ3) is 3.38. The summed E-state index contributed by atoms with van der Waals surface area (Å²) >= 11 is 0. The first-order valence-electron chi connectivity index (χ1n) is 7.76. The number of rotatable bonds is 2. The van der Waals surface area contributed by atoms with Crippen molar-refractivity contribution in [2.24, 2.45) is 0 Å². The molecule has 2 aromatic carbocycles. The summed E-state index contributed by atoms with van der Waals surface area (Å²) in [6.07, 6.45) is 1.71. The van der Waals surface area contributed by atoms with Crippen LogP contribution in [0.5, 0.6) is 0 Å². The maximum atomic E-state index is 14.1. The van der Waals surface area contributed by atoms with Gasteiger partial charge in [-0.15, -0.1) is 0 Å². The van der Waals surface area contributed by atoms with Crippen molar-refractivity contribution in [3.63, 3.8) is 0 Å². The van der Waals surface area contributed by atoms with E-state index < -0.39 is 17.7 Å². The zero-order valence-corrected chi connectivity index (χ0v) is 13.8. The lowest BCUT2D eigenvalue weighted by Gasteiger charge is -2.28. The average Bonchev–Trinajstić information content (AvgIpc) is 3.01. The fraction of sp³-hybridized carbons (Fsp3) is 0.211. The van der Waals surface area contributed by atoms with Crippen LogP contribution in [0.25, 0.3) is 5.57 Å². The van der Waals surface area contributed by atoms with Crippen molar-refractivity contribution in [3.05, 3.63) is 77.1 Å². The van der Waals surface area contributed by atoms with E-state index in [0.717, 1.165) is 18.2 Å². The monoisotopic (exact) mass is 346 g/mol. The van der Waals surface area contributed by atoms with Crippen molar-refractivity contribution in [1.29, 1.82) is 0 Å². The van der Waals surface area contributed by atoms with Gasteiger partial charge in [0.25, 0.3) is 0 Å². The van der Waals surface area contributed by atoms with E-state index in [-0.39, 0.29) is 24.0 Å². The van der Waals surface area contributed by atoms with Crippen LogP contribution in [0.15, 0.2) is 48.5 Å². The second-order valence-electron chi connectivity index (χ2n) is 6.12. The zero-order valence-electron chi connectivity index (χ0n) is 13.8. The Bertz CT molecular complexity index is 831. The van der Waals surface area contributed by atoms with Gasteiger partial charge in [-0.25, -0.2) is 18.0 Å². The van der Waals surface area contributed by atoms with Gasteiger partial charge in [-0.05, 0) is 41.5 Å². The minimum Gasteiger partial charge on any atom is -0.331 e. The molecule has 0 aromatic heterocycles. The highest BCUT2D eigenvalue weighted by Gasteiger charge is 2.32. The van der Waals surface area contributed by atoms with Crippen LogP contribution < -0.4 is 0 Å². The Morgan fingerprint density at radius 3 is 2.32 bits per heavy atom. The molecule has 130 valence electrons. The molecule has 0 saturated carbocycles. The quantitative estimate of drug-likeness (QED) is 0.798. The zero-order chi connectivity index (χ0) is 18.1. The third-order valence-corrected chi connectivity index (χ3v) is 4.15. The van der Waals surface area contributed by atoms with Gasteiger partial charge in [-0.1, -0.05) is 18.2 Å². The molecule has 0 N–H and O–H groups in total. The average molecular weight is 346 g/mol. The highest BCUT2D eigenvalue weighted by molar-refractivity contribution is 5.82. The van der Waals surface area contributed by atoms with Crippen molar-refractivity contribution in [1.82, 2.24) is 9.80 Å². The van der Waals surface area contributed by atoms with Crippen LogP contribution in [0, 0.1) is 17.5 Å². The SMILES string of the molecule is CN(C)C(=O)N1CC(c2cc(F)ccc2F)=CC1c1ccc(F)cc1. The first-order chi connectivity index (χ1) is 11.9. The van der Waals surface area contributed by atoms with E-state index >= 15 is 0 Å². The summed E-state index contributed by atoms with van der Waals surface area (Å²) in [5.41, 5.74) is 1.34. The standard InChI is InChI=1S/C19H17F3N2O/c1-23(2)19(25)24-11-13(16-10-15(21)7-8-17(16)22)9-18(24)12-3-5-14(20)6-4-12/h3-10,18H,11H2,1-2H3. The van der Waals surface area contributed by atoms with Crippen molar-refractivity contribution in [3.8, 4) is 0 Å². The molecule has 1 aliphatic heterocycles. The molecule has 0 saturated heterocycles. The van der Waals surface area contributed by atoms with Crippen LogP contribution in [0.3, 0.4) is 0 Å². The molecule has 1 aliphatic rings. The van der Waals surface area contributed by atoms with Gasteiger partial charge in [0.1, 0.15) is 17.5 Å². The minimum absolute atomic E-state index is 0.126. The van der Waals surface area contributed by atoms with E-state index in [1.54, 1.807) is 32.3 Å². The number of hydrogen-bond donors (Lipinski definition) is 0. The fourth-order valence-electron chi connectivity index (χ4n) is 2.91. The van der Waals surface area contributed by atoms with Gasteiger partial charge in [-0.3, -0.25) is 0 Å². The Kier molecular flexibility index (Phi) is 4.53. The van der Waals surface area contributed by atoms with Crippen molar-refractivity contribution >= 4 is 11.6 Å². The lowest BCUT2D eigenvalue weighted by atomic mass is 10.0. The maximum Gasteiger partial charge on any atom is 0.320 e. The molecule has 6 heteroatoms. The Balaban J connectivity index is 2.03. The molecule has 0 bridgehead atoms. The maximum absolute atomic E-state index is 14.1. The molecule has 1 heterocycles. The Morgan fingerprint density at radius 2 is 1.68 bits per heavy atom. The lowest BCUT2D eigenvalue weighted by molar-refractivity contribution is 0.170. The largest absolute Gasteiger partial charge is 0.331 e. The van der Waals surface area contributed by atoms with Gasteiger partial charge in [0, 0.05) is 26.2 Å². The van der Waals surface area contributed by atoms with E-state index in [9.17, 15) is 18.0 Å². The van der Waals surface area contributed by atoms with Crippen LogP contribution in [0.2, 0.25) is 0 Å². The van der Waals surface area contributed by atoms with Gasteiger partial charge in [0.05, 0.1) is 6.04 Å². The van der Waals surface area contributed by atoms with E-state index in [1.165, 1.54) is 21.9 Å². The number of urea groups is 1. The predicted octanol–water partition coefficient (Wildman–Crippen LogP) is 4.23. The molecular weight excluding hydrogens is 329 g/mol. The summed E-state index contributed by atoms with van der Waals surface area (Å²) in [7, 11) is 3.23. The molecule has 3 rings (SSSR count). The normalized spacial score (nSPS) is 16.8. The number of carbonyl (C=O) groups is 1. The number of nitrogens with zero attached hydrogens (tertiary/aromatic N) is 2. The molecule has 1 atom stereocenters. The molecule has 0 fully saturated rings. The molecule has 25 heavy (non-hydrogen) atoms. The van der Waals surface area contributed by atoms with E-state index in [1.807, 2.05) is 0 Å². The number of benzene rings is 2. The second kappa shape index (κ2) is 6.63. The fourth-order valence-corrected chi connectivity index (χ4v) is 2.91. The number of carbonyl (C=O) groups excluding carboxylic acids is 1. The Hall–Kier alpha value is -2.76. The molecule has 2 aromatic rings. The van der Waals surface area contributed by atoms with Gasteiger partial charge in [0.15, 0.2) is 0 Å². The number of hydrogen-bond acceptors (Lipinski definition) is 1. The summed E-state index contributed by atoms with van der Waals surface area (Å²) in [5, 5.41) is 0. The molecular formula is C19H17F3N2O.